The van der Waals surface area contributed by atoms with Crippen molar-refractivity contribution in [2.45, 2.75) is 32.7 Å². The maximum Gasteiger partial charge on any atom is 0.220 e. The zero-order valence-corrected chi connectivity index (χ0v) is 12.0. The lowest BCUT2D eigenvalue weighted by molar-refractivity contribution is -0.121. The van der Waals surface area contributed by atoms with Crippen LogP contribution in [0.5, 0.6) is 0 Å². The number of nitrogens with one attached hydrogen (secondary N) is 1. The highest BCUT2D eigenvalue weighted by atomic mass is 32.1. The van der Waals surface area contributed by atoms with Crippen molar-refractivity contribution in [1.29, 1.82) is 0 Å². The van der Waals surface area contributed by atoms with Crippen molar-refractivity contribution in [2.75, 3.05) is 0 Å². The van der Waals surface area contributed by atoms with Crippen LogP contribution in [-0.2, 0) is 11.2 Å². The topological polar surface area (TPSA) is 42.0 Å². The molecule has 0 aliphatic heterocycles. The molecule has 0 radical (unpaired) electrons. The molecule has 0 saturated carbocycles. The normalized spacial score (nSPS) is 12.1. The average molecular weight is 274 g/mol. The van der Waals surface area contributed by atoms with Gasteiger partial charge in [0.1, 0.15) is 0 Å². The van der Waals surface area contributed by atoms with Gasteiger partial charge in [-0.3, -0.25) is 4.79 Å². The number of amides is 1. The van der Waals surface area contributed by atoms with Crippen LogP contribution in [0.2, 0.25) is 0 Å². The lowest BCUT2D eigenvalue weighted by Gasteiger charge is -2.14. The molecule has 1 aromatic heterocycles. The van der Waals surface area contributed by atoms with Gasteiger partial charge in [-0.25, -0.2) is 4.98 Å². The van der Waals surface area contributed by atoms with E-state index in [1.54, 1.807) is 11.3 Å². The van der Waals surface area contributed by atoms with E-state index in [1.807, 2.05) is 49.7 Å². The van der Waals surface area contributed by atoms with Crippen LogP contribution in [0, 0.1) is 6.92 Å². The number of hydrogen-bond donors (Lipinski definition) is 1. The first-order chi connectivity index (χ1) is 9.16. The van der Waals surface area contributed by atoms with E-state index in [-0.39, 0.29) is 11.9 Å². The highest BCUT2D eigenvalue weighted by molar-refractivity contribution is 7.09. The fourth-order valence-electron chi connectivity index (χ4n) is 1.93. The molecular weight excluding hydrogens is 256 g/mol. The van der Waals surface area contributed by atoms with E-state index in [4.69, 9.17) is 0 Å². The van der Waals surface area contributed by atoms with Gasteiger partial charge in [0, 0.05) is 11.3 Å². The summed E-state index contributed by atoms with van der Waals surface area (Å²) in [6.45, 7) is 3.99. The molecule has 1 amide bonds. The number of nitrogens with zero attached hydrogens (tertiary/aromatic N) is 1. The molecule has 0 unspecified atom stereocenters. The summed E-state index contributed by atoms with van der Waals surface area (Å²) in [5.41, 5.74) is 3.99. The van der Waals surface area contributed by atoms with Gasteiger partial charge in [0.2, 0.25) is 5.91 Å². The molecule has 1 atom stereocenters. The van der Waals surface area contributed by atoms with Crippen molar-refractivity contribution in [3.63, 3.8) is 0 Å². The molecule has 3 nitrogen and oxygen atoms in total. The molecular formula is C15H18N2OS. The van der Waals surface area contributed by atoms with E-state index in [1.165, 1.54) is 4.88 Å². The van der Waals surface area contributed by atoms with Gasteiger partial charge < -0.3 is 5.32 Å². The SMILES string of the molecule is Cc1ncsc1CCC(=O)N[C@H](C)c1ccccc1. The van der Waals surface area contributed by atoms with Gasteiger partial charge in [-0.2, -0.15) is 0 Å². The Bertz CT molecular complexity index is 536. The Labute approximate surface area is 117 Å². The van der Waals surface area contributed by atoms with Crippen molar-refractivity contribution in [2.24, 2.45) is 0 Å². The second kappa shape index (κ2) is 6.48. The van der Waals surface area contributed by atoms with Gasteiger partial charge in [-0.05, 0) is 25.8 Å². The number of thiazole rings is 1. The third-order valence-electron chi connectivity index (χ3n) is 3.10. The number of hydrogen-bond acceptors (Lipinski definition) is 3. The molecule has 0 fully saturated rings. The molecule has 1 N–H and O–H groups in total. The summed E-state index contributed by atoms with van der Waals surface area (Å²) in [5, 5.41) is 3.02. The van der Waals surface area contributed by atoms with Crippen molar-refractivity contribution in [3.05, 3.63) is 52.0 Å². The maximum absolute atomic E-state index is 11.9. The largest absolute Gasteiger partial charge is 0.350 e. The van der Waals surface area contributed by atoms with Crippen LogP contribution in [0.1, 0.15) is 35.5 Å². The molecule has 2 rings (SSSR count). The molecule has 19 heavy (non-hydrogen) atoms. The smallest absolute Gasteiger partial charge is 0.220 e. The average Bonchev–Trinajstić information content (AvgIpc) is 2.83. The Morgan fingerprint density at radius 1 is 1.37 bits per heavy atom. The summed E-state index contributed by atoms with van der Waals surface area (Å²) in [5.74, 6) is 0.0872. The summed E-state index contributed by atoms with van der Waals surface area (Å²) < 4.78 is 0. The van der Waals surface area contributed by atoms with E-state index in [9.17, 15) is 4.79 Å². The minimum atomic E-state index is 0.0521. The summed E-state index contributed by atoms with van der Waals surface area (Å²) in [6, 6.07) is 10.1. The van der Waals surface area contributed by atoms with Crippen molar-refractivity contribution in [1.82, 2.24) is 10.3 Å². The van der Waals surface area contributed by atoms with Crippen LogP contribution >= 0.6 is 11.3 Å². The van der Waals surface area contributed by atoms with E-state index < -0.39 is 0 Å². The molecule has 4 heteroatoms. The van der Waals surface area contributed by atoms with Gasteiger partial charge in [-0.15, -0.1) is 11.3 Å². The van der Waals surface area contributed by atoms with Crippen LogP contribution in [0.3, 0.4) is 0 Å². The Hall–Kier alpha value is -1.68. The lowest BCUT2D eigenvalue weighted by atomic mass is 10.1. The second-order valence-electron chi connectivity index (χ2n) is 4.56. The maximum atomic E-state index is 11.9. The van der Waals surface area contributed by atoms with E-state index in [2.05, 4.69) is 10.3 Å². The minimum Gasteiger partial charge on any atom is -0.350 e. The Kier molecular flexibility index (Phi) is 4.68. The molecule has 0 spiro atoms. The third-order valence-corrected chi connectivity index (χ3v) is 4.10. The van der Waals surface area contributed by atoms with Crippen molar-refractivity contribution < 1.29 is 4.79 Å². The fraction of sp³-hybridized carbons (Fsp3) is 0.333. The number of rotatable bonds is 5. The number of carbonyl (C=O) groups is 1. The highest BCUT2D eigenvalue weighted by Gasteiger charge is 2.10. The predicted molar refractivity (Wildman–Crippen MR) is 78.2 cm³/mol. The molecule has 0 aliphatic rings. The first kappa shape index (κ1) is 13.7. The zero-order chi connectivity index (χ0) is 13.7. The van der Waals surface area contributed by atoms with Crippen LogP contribution in [0.4, 0.5) is 0 Å². The van der Waals surface area contributed by atoms with Gasteiger partial charge in [0.05, 0.1) is 17.2 Å². The third kappa shape index (κ3) is 3.89. The van der Waals surface area contributed by atoms with E-state index in [0.29, 0.717) is 6.42 Å². The van der Waals surface area contributed by atoms with Crippen LogP contribution in [0.15, 0.2) is 35.8 Å². The van der Waals surface area contributed by atoms with Gasteiger partial charge in [-0.1, -0.05) is 30.3 Å². The van der Waals surface area contributed by atoms with Crippen LogP contribution in [0.25, 0.3) is 0 Å². The number of benzene rings is 1. The summed E-state index contributed by atoms with van der Waals surface area (Å²) in [4.78, 5) is 17.3. The first-order valence-corrected chi connectivity index (χ1v) is 7.28. The molecule has 2 aromatic rings. The predicted octanol–water partition coefficient (Wildman–Crippen LogP) is 3.26. The minimum absolute atomic E-state index is 0.0521. The summed E-state index contributed by atoms with van der Waals surface area (Å²) in [6.07, 6.45) is 1.28. The van der Waals surface area contributed by atoms with E-state index >= 15 is 0 Å². The molecule has 0 aliphatic carbocycles. The van der Waals surface area contributed by atoms with Gasteiger partial charge in [0.15, 0.2) is 0 Å². The van der Waals surface area contributed by atoms with Crippen LogP contribution in [-0.4, -0.2) is 10.9 Å². The summed E-state index contributed by atoms with van der Waals surface area (Å²) in [7, 11) is 0. The molecule has 100 valence electrons. The quantitative estimate of drug-likeness (QED) is 0.909. The molecule has 1 aromatic carbocycles. The van der Waals surface area contributed by atoms with Crippen molar-refractivity contribution >= 4 is 17.2 Å². The Balaban J connectivity index is 1.83. The monoisotopic (exact) mass is 274 g/mol. The highest BCUT2D eigenvalue weighted by Crippen LogP contribution is 2.15. The Morgan fingerprint density at radius 3 is 2.74 bits per heavy atom. The Morgan fingerprint density at radius 2 is 2.11 bits per heavy atom. The zero-order valence-electron chi connectivity index (χ0n) is 11.2. The number of carbonyl (C=O) groups excluding carboxylic acids is 1. The molecule has 0 bridgehead atoms. The summed E-state index contributed by atoms with van der Waals surface area (Å²) >= 11 is 1.62. The van der Waals surface area contributed by atoms with Gasteiger partial charge in [0.25, 0.3) is 0 Å². The number of aromatic nitrogens is 1. The fourth-order valence-corrected chi connectivity index (χ4v) is 2.71. The molecule has 1 heterocycles. The van der Waals surface area contributed by atoms with Crippen molar-refractivity contribution in [3.8, 4) is 0 Å². The lowest BCUT2D eigenvalue weighted by Crippen LogP contribution is -2.26. The van der Waals surface area contributed by atoms with E-state index in [0.717, 1.165) is 17.7 Å². The molecule has 0 saturated heterocycles. The number of aryl methyl sites for hydroxylation is 2. The second-order valence-corrected chi connectivity index (χ2v) is 5.50. The van der Waals surface area contributed by atoms with Gasteiger partial charge >= 0.3 is 0 Å². The van der Waals surface area contributed by atoms with Crippen LogP contribution < -0.4 is 5.32 Å². The standard InChI is InChI=1S/C15H18N2OS/c1-11(13-6-4-3-5-7-13)17-15(18)9-8-14-12(2)16-10-19-14/h3-7,10-11H,8-9H2,1-2H3,(H,17,18)/t11-/m1/s1. The first-order valence-electron chi connectivity index (χ1n) is 6.40.